The normalized spacial score (nSPS) is 14.8. The van der Waals surface area contributed by atoms with Crippen molar-refractivity contribution in [1.29, 1.82) is 0 Å². The van der Waals surface area contributed by atoms with Crippen LogP contribution in [0, 0.1) is 6.92 Å². The molecule has 0 radical (unpaired) electrons. The number of hydrogen-bond acceptors (Lipinski definition) is 3. The zero-order valence-corrected chi connectivity index (χ0v) is 11.9. The van der Waals surface area contributed by atoms with E-state index in [1.807, 2.05) is 22.9 Å². The third kappa shape index (κ3) is 3.26. The summed E-state index contributed by atoms with van der Waals surface area (Å²) in [6, 6.07) is 6.20. The number of amides is 1. The van der Waals surface area contributed by atoms with Crippen LogP contribution in [-0.4, -0.2) is 37.5 Å². The molecule has 1 fully saturated rings. The standard InChI is InChI=1S/C15H23N3O/c1-12-5-6-13(10-16)14(9-12)17(2)11-15(19)18-7-3-4-8-18/h5-6,9H,3-4,7-8,10-11,16H2,1-2H3. The van der Waals surface area contributed by atoms with Crippen LogP contribution in [0.4, 0.5) is 5.69 Å². The largest absolute Gasteiger partial charge is 0.365 e. The van der Waals surface area contributed by atoms with E-state index in [2.05, 4.69) is 19.1 Å². The number of nitrogens with two attached hydrogens (primary N) is 1. The highest BCUT2D eigenvalue weighted by atomic mass is 16.2. The third-order valence-corrected chi connectivity index (χ3v) is 3.70. The van der Waals surface area contributed by atoms with Crippen molar-refractivity contribution < 1.29 is 4.79 Å². The molecule has 0 aromatic heterocycles. The van der Waals surface area contributed by atoms with E-state index in [1.54, 1.807) is 0 Å². The van der Waals surface area contributed by atoms with Crippen LogP contribution in [0.15, 0.2) is 18.2 Å². The number of carbonyl (C=O) groups excluding carboxylic acids is 1. The molecule has 1 aliphatic heterocycles. The highest BCUT2D eigenvalue weighted by Crippen LogP contribution is 2.21. The summed E-state index contributed by atoms with van der Waals surface area (Å²) in [6.45, 7) is 4.79. The van der Waals surface area contributed by atoms with Gasteiger partial charge in [0.1, 0.15) is 0 Å². The number of hydrogen-bond donors (Lipinski definition) is 1. The molecule has 0 saturated carbocycles. The van der Waals surface area contributed by atoms with Crippen molar-refractivity contribution in [3.05, 3.63) is 29.3 Å². The van der Waals surface area contributed by atoms with Gasteiger partial charge in [0, 0.05) is 32.4 Å². The average Bonchev–Trinajstić information content (AvgIpc) is 2.92. The minimum Gasteiger partial charge on any atom is -0.365 e. The van der Waals surface area contributed by atoms with Gasteiger partial charge in [-0.1, -0.05) is 12.1 Å². The average molecular weight is 261 g/mol. The number of nitrogens with zero attached hydrogens (tertiary/aromatic N) is 2. The molecule has 0 atom stereocenters. The second kappa shape index (κ2) is 6.06. The zero-order valence-electron chi connectivity index (χ0n) is 11.9. The van der Waals surface area contributed by atoms with E-state index < -0.39 is 0 Å². The van der Waals surface area contributed by atoms with Crippen LogP contribution in [0.5, 0.6) is 0 Å². The lowest BCUT2D eigenvalue weighted by Gasteiger charge is -2.25. The Morgan fingerprint density at radius 3 is 2.68 bits per heavy atom. The van der Waals surface area contributed by atoms with Crippen molar-refractivity contribution in [2.45, 2.75) is 26.3 Å². The number of likely N-dealkylation sites (N-methyl/N-ethyl adjacent to an activating group) is 1. The number of likely N-dealkylation sites (tertiary alicyclic amines) is 1. The molecule has 0 spiro atoms. The quantitative estimate of drug-likeness (QED) is 0.894. The summed E-state index contributed by atoms with van der Waals surface area (Å²) >= 11 is 0. The Morgan fingerprint density at radius 2 is 2.05 bits per heavy atom. The second-order valence-corrected chi connectivity index (χ2v) is 5.28. The molecule has 0 aliphatic carbocycles. The second-order valence-electron chi connectivity index (χ2n) is 5.28. The van der Waals surface area contributed by atoms with Gasteiger partial charge in [0.25, 0.3) is 0 Å². The molecular formula is C15H23N3O. The van der Waals surface area contributed by atoms with Gasteiger partial charge in [-0.3, -0.25) is 4.79 Å². The summed E-state index contributed by atoms with van der Waals surface area (Å²) in [5.41, 5.74) is 9.11. The number of aryl methyl sites for hydroxylation is 1. The molecule has 2 rings (SSSR count). The van der Waals surface area contributed by atoms with E-state index in [0.29, 0.717) is 13.1 Å². The SMILES string of the molecule is Cc1ccc(CN)c(N(C)CC(=O)N2CCCC2)c1. The summed E-state index contributed by atoms with van der Waals surface area (Å²) < 4.78 is 0. The Kier molecular flexibility index (Phi) is 4.43. The van der Waals surface area contributed by atoms with E-state index >= 15 is 0 Å². The van der Waals surface area contributed by atoms with Crippen LogP contribution in [0.2, 0.25) is 0 Å². The van der Waals surface area contributed by atoms with Gasteiger partial charge in [-0.05, 0) is 37.0 Å². The predicted molar refractivity (Wildman–Crippen MR) is 78.2 cm³/mol. The van der Waals surface area contributed by atoms with Gasteiger partial charge in [-0.25, -0.2) is 0 Å². The van der Waals surface area contributed by atoms with E-state index in [0.717, 1.165) is 37.2 Å². The van der Waals surface area contributed by atoms with Gasteiger partial charge >= 0.3 is 0 Å². The Bertz CT molecular complexity index is 453. The molecule has 1 aromatic rings. The van der Waals surface area contributed by atoms with Crippen LogP contribution < -0.4 is 10.6 Å². The topological polar surface area (TPSA) is 49.6 Å². The summed E-state index contributed by atoms with van der Waals surface area (Å²) in [4.78, 5) is 16.1. The maximum absolute atomic E-state index is 12.2. The fraction of sp³-hybridized carbons (Fsp3) is 0.533. The molecule has 2 N–H and O–H groups in total. The molecule has 1 aliphatic rings. The number of carbonyl (C=O) groups is 1. The molecule has 1 aromatic carbocycles. The van der Waals surface area contributed by atoms with E-state index in [9.17, 15) is 4.79 Å². The van der Waals surface area contributed by atoms with Gasteiger partial charge < -0.3 is 15.5 Å². The molecule has 0 unspecified atom stereocenters. The predicted octanol–water partition coefficient (Wildman–Crippen LogP) is 1.51. The molecular weight excluding hydrogens is 238 g/mol. The lowest BCUT2D eigenvalue weighted by molar-refractivity contribution is -0.128. The minimum atomic E-state index is 0.212. The number of rotatable bonds is 4. The molecule has 4 nitrogen and oxygen atoms in total. The van der Waals surface area contributed by atoms with Crippen molar-refractivity contribution in [3.8, 4) is 0 Å². The molecule has 1 saturated heterocycles. The Hall–Kier alpha value is -1.55. The van der Waals surface area contributed by atoms with Crippen LogP contribution in [0.25, 0.3) is 0 Å². The summed E-state index contributed by atoms with van der Waals surface area (Å²) in [7, 11) is 1.96. The van der Waals surface area contributed by atoms with Crippen molar-refractivity contribution >= 4 is 11.6 Å². The Labute approximate surface area is 115 Å². The van der Waals surface area contributed by atoms with Crippen molar-refractivity contribution in [1.82, 2.24) is 4.90 Å². The molecule has 1 amide bonds. The first-order chi connectivity index (χ1) is 9.11. The summed E-state index contributed by atoms with van der Waals surface area (Å²) in [6.07, 6.45) is 2.27. The van der Waals surface area contributed by atoms with Gasteiger partial charge in [0.15, 0.2) is 0 Å². The van der Waals surface area contributed by atoms with Crippen LogP contribution in [0.3, 0.4) is 0 Å². The van der Waals surface area contributed by atoms with Crippen LogP contribution >= 0.6 is 0 Å². The first-order valence-corrected chi connectivity index (χ1v) is 6.90. The van der Waals surface area contributed by atoms with Gasteiger partial charge in [-0.15, -0.1) is 0 Å². The first-order valence-electron chi connectivity index (χ1n) is 6.90. The van der Waals surface area contributed by atoms with Crippen molar-refractivity contribution in [2.75, 3.05) is 31.6 Å². The molecule has 1 heterocycles. The Morgan fingerprint density at radius 1 is 1.37 bits per heavy atom. The van der Waals surface area contributed by atoms with Crippen LogP contribution in [0.1, 0.15) is 24.0 Å². The fourth-order valence-corrected chi connectivity index (χ4v) is 2.56. The van der Waals surface area contributed by atoms with Gasteiger partial charge in [0.05, 0.1) is 6.54 Å². The summed E-state index contributed by atoms with van der Waals surface area (Å²) in [5, 5.41) is 0. The highest BCUT2D eigenvalue weighted by molar-refractivity contribution is 5.82. The van der Waals surface area contributed by atoms with Gasteiger partial charge in [-0.2, -0.15) is 0 Å². The monoisotopic (exact) mass is 261 g/mol. The van der Waals surface area contributed by atoms with E-state index in [-0.39, 0.29) is 5.91 Å². The Balaban J connectivity index is 2.08. The van der Waals surface area contributed by atoms with Crippen LogP contribution in [-0.2, 0) is 11.3 Å². The lowest BCUT2D eigenvalue weighted by Crippen LogP contribution is -2.37. The highest BCUT2D eigenvalue weighted by Gasteiger charge is 2.19. The van der Waals surface area contributed by atoms with E-state index in [1.165, 1.54) is 5.56 Å². The molecule has 4 heteroatoms. The maximum atomic E-state index is 12.2. The van der Waals surface area contributed by atoms with Crippen molar-refractivity contribution in [3.63, 3.8) is 0 Å². The van der Waals surface area contributed by atoms with Crippen molar-refractivity contribution in [2.24, 2.45) is 5.73 Å². The third-order valence-electron chi connectivity index (χ3n) is 3.70. The first kappa shape index (κ1) is 13.9. The van der Waals surface area contributed by atoms with E-state index in [4.69, 9.17) is 5.73 Å². The molecule has 0 bridgehead atoms. The fourth-order valence-electron chi connectivity index (χ4n) is 2.56. The lowest BCUT2D eigenvalue weighted by atomic mass is 10.1. The maximum Gasteiger partial charge on any atom is 0.242 e. The number of benzene rings is 1. The molecule has 104 valence electrons. The summed E-state index contributed by atoms with van der Waals surface area (Å²) in [5.74, 6) is 0.212. The minimum absolute atomic E-state index is 0.212. The zero-order chi connectivity index (χ0) is 13.8. The molecule has 19 heavy (non-hydrogen) atoms. The number of anilines is 1. The smallest absolute Gasteiger partial charge is 0.242 e. The van der Waals surface area contributed by atoms with Gasteiger partial charge in [0.2, 0.25) is 5.91 Å².